The second-order valence-electron chi connectivity index (χ2n) is 6.80. The van der Waals surface area contributed by atoms with Gasteiger partial charge in [-0.1, -0.05) is 30.3 Å². The van der Waals surface area contributed by atoms with E-state index < -0.39 is 23.7 Å². The lowest BCUT2D eigenvalue weighted by Crippen LogP contribution is -2.34. The van der Waals surface area contributed by atoms with Gasteiger partial charge in [-0.2, -0.15) is 0 Å². The summed E-state index contributed by atoms with van der Waals surface area (Å²) in [6.07, 6.45) is 1.54. The lowest BCUT2D eigenvalue weighted by atomic mass is 10.2. The molecule has 2 aromatic rings. The maximum Gasteiger partial charge on any atom is 0.326 e. The number of hydrogen-bond acceptors (Lipinski definition) is 7. The summed E-state index contributed by atoms with van der Waals surface area (Å²) in [6, 6.07) is 14.2. The monoisotopic (exact) mass is 454 g/mol. The Hall–Kier alpha value is -3.59. The summed E-state index contributed by atoms with van der Waals surface area (Å²) in [5, 5.41) is 2.26. The van der Waals surface area contributed by atoms with Crippen molar-refractivity contribution in [3.63, 3.8) is 0 Å². The molecule has 0 bridgehead atoms. The van der Waals surface area contributed by atoms with E-state index in [0.29, 0.717) is 17.0 Å². The van der Waals surface area contributed by atoms with Gasteiger partial charge in [0.05, 0.1) is 11.5 Å². The Morgan fingerprint density at radius 3 is 2.66 bits per heavy atom. The number of ether oxygens (including phenoxy) is 2. The number of carbonyl (C=O) groups is 4. The molecule has 1 aliphatic rings. The summed E-state index contributed by atoms with van der Waals surface area (Å²) in [4.78, 5) is 49.4. The number of esters is 1. The Bertz CT molecular complexity index is 1080. The van der Waals surface area contributed by atoms with Crippen molar-refractivity contribution < 1.29 is 28.7 Å². The summed E-state index contributed by atoms with van der Waals surface area (Å²) in [5.74, 6) is -1.07. The van der Waals surface area contributed by atoms with E-state index >= 15 is 0 Å². The largest absolute Gasteiger partial charge is 0.484 e. The van der Waals surface area contributed by atoms with E-state index in [4.69, 9.17) is 9.47 Å². The average molecular weight is 455 g/mol. The predicted octanol–water partition coefficient (Wildman–Crippen LogP) is 3.61. The van der Waals surface area contributed by atoms with Gasteiger partial charge in [-0.15, -0.1) is 0 Å². The second-order valence-corrected chi connectivity index (χ2v) is 7.79. The number of benzene rings is 2. The number of rotatable bonds is 8. The number of thioether (sulfide) groups is 1. The number of para-hydroxylation sites is 1. The van der Waals surface area contributed by atoms with Gasteiger partial charge in [0.15, 0.2) is 6.61 Å². The quantitative estimate of drug-likeness (QED) is 0.480. The number of nitrogens with one attached hydrogen (secondary N) is 1. The van der Waals surface area contributed by atoms with Crippen LogP contribution in [0.15, 0.2) is 53.4 Å². The van der Waals surface area contributed by atoms with E-state index in [1.54, 1.807) is 31.2 Å². The molecule has 166 valence electrons. The van der Waals surface area contributed by atoms with Crippen LogP contribution in [-0.4, -0.2) is 47.7 Å². The van der Waals surface area contributed by atoms with Crippen LogP contribution in [0.5, 0.6) is 5.75 Å². The van der Waals surface area contributed by atoms with Crippen molar-refractivity contribution in [2.75, 3.05) is 25.1 Å². The van der Waals surface area contributed by atoms with Crippen LogP contribution in [0.3, 0.4) is 0 Å². The zero-order valence-corrected chi connectivity index (χ0v) is 18.4. The first-order valence-corrected chi connectivity index (χ1v) is 10.7. The third-order valence-corrected chi connectivity index (χ3v) is 5.32. The normalized spacial score (nSPS) is 14.6. The van der Waals surface area contributed by atoms with Crippen LogP contribution >= 0.6 is 11.8 Å². The molecule has 1 N–H and O–H groups in total. The van der Waals surface area contributed by atoms with Crippen LogP contribution in [0.2, 0.25) is 0 Å². The molecule has 0 saturated carbocycles. The fraction of sp³-hybridized carbons (Fsp3) is 0.217. The second kappa shape index (κ2) is 10.6. The highest BCUT2D eigenvalue weighted by atomic mass is 32.2. The van der Waals surface area contributed by atoms with Crippen LogP contribution in [0.4, 0.5) is 10.5 Å². The van der Waals surface area contributed by atoms with Crippen molar-refractivity contribution in [2.45, 2.75) is 13.8 Å². The van der Waals surface area contributed by atoms with Gasteiger partial charge < -0.3 is 14.8 Å². The lowest BCUT2D eigenvalue weighted by Gasteiger charge is -2.11. The Kier molecular flexibility index (Phi) is 7.67. The van der Waals surface area contributed by atoms with E-state index in [1.165, 1.54) is 6.08 Å². The van der Waals surface area contributed by atoms with Crippen molar-refractivity contribution in [3.05, 3.63) is 64.6 Å². The molecule has 0 unspecified atom stereocenters. The number of carbonyl (C=O) groups excluding carboxylic acids is 4. The van der Waals surface area contributed by atoms with Crippen molar-refractivity contribution in [1.82, 2.24) is 4.90 Å². The van der Waals surface area contributed by atoms with Crippen molar-refractivity contribution >= 4 is 46.5 Å². The molecule has 0 aromatic heterocycles. The summed E-state index contributed by atoms with van der Waals surface area (Å²) in [5.41, 5.74) is 2.27. The molecule has 2 aromatic carbocycles. The van der Waals surface area contributed by atoms with E-state index in [0.717, 1.165) is 22.2 Å². The predicted molar refractivity (Wildman–Crippen MR) is 121 cm³/mol. The maximum absolute atomic E-state index is 12.5. The zero-order chi connectivity index (χ0) is 23.1. The number of aryl methyl sites for hydroxylation is 1. The van der Waals surface area contributed by atoms with Gasteiger partial charge in [-0.3, -0.25) is 24.1 Å². The topological polar surface area (TPSA) is 102 Å². The number of anilines is 1. The summed E-state index contributed by atoms with van der Waals surface area (Å²) in [7, 11) is 0. The van der Waals surface area contributed by atoms with Crippen molar-refractivity contribution in [1.29, 1.82) is 0 Å². The Balaban J connectivity index is 1.62. The number of nitrogens with zero attached hydrogens (tertiary/aromatic N) is 1. The molecule has 3 rings (SSSR count). The maximum atomic E-state index is 12.5. The molecule has 8 nitrogen and oxygen atoms in total. The molecule has 1 fully saturated rings. The van der Waals surface area contributed by atoms with Crippen LogP contribution < -0.4 is 10.1 Å². The molecule has 1 aliphatic heterocycles. The third-order valence-electron chi connectivity index (χ3n) is 4.41. The summed E-state index contributed by atoms with van der Waals surface area (Å²) >= 11 is 0.749. The minimum absolute atomic E-state index is 0.167. The van der Waals surface area contributed by atoms with E-state index in [-0.39, 0.29) is 24.0 Å². The Morgan fingerprint density at radius 1 is 1.12 bits per heavy atom. The van der Waals surface area contributed by atoms with Crippen molar-refractivity contribution in [2.24, 2.45) is 0 Å². The number of imide groups is 1. The van der Waals surface area contributed by atoms with Gasteiger partial charge in [-0.05, 0) is 61.0 Å². The molecule has 0 aliphatic carbocycles. The zero-order valence-electron chi connectivity index (χ0n) is 17.6. The van der Waals surface area contributed by atoms with Crippen LogP contribution in [0.1, 0.15) is 18.1 Å². The van der Waals surface area contributed by atoms with Crippen LogP contribution in [0, 0.1) is 6.92 Å². The molecule has 0 atom stereocenters. The SMILES string of the molecule is CCOC(=O)CN1C(=O)S/C(=C\c2cccc(OCC(=O)Nc3ccccc3C)c2)C1=O. The van der Waals surface area contributed by atoms with E-state index in [1.807, 2.05) is 31.2 Å². The first-order valence-electron chi connectivity index (χ1n) is 9.86. The molecule has 32 heavy (non-hydrogen) atoms. The molecular formula is C23H22N2O6S. The first kappa shape index (κ1) is 23.1. The Labute approximate surface area is 189 Å². The minimum atomic E-state index is -0.643. The molecule has 1 saturated heterocycles. The van der Waals surface area contributed by atoms with Gasteiger partial charge in [0.2, 0.25) is 0 Å². The van der Waals surface area contributed by atoms with Gasteiger partial charge in [0.25, 0.3) is 17.1 Å². The van der Waals surface area contributed by atoms with Crippen LogP contribution in [0.25, 0.3) is 6.08 Å². The molecule has 0 spiro atoms. The van der Waals surface area contributed by atoms with Crippen LogP contribution in [-0.2, 0) is 19.1 Å². The molecule has 0 radical (unpaired) electrons. The van der Waals surface area contributed by atoms with Gasteiger partial charge >= 0.3 is 5.97 Å². The fourth-order valence-corrected chi connectivity index (χ4v) is 3.70. The molecule has 9 heteroatoms. The number of amides is 3. The molecule has 3 amide bonds. The first-order chi connectivity index (χ1) is 15.4. The highest BCUT2D eigenvalue weighted by Gasteiger charge is 2.36. The smallest absolute Gasteiger partial charge is 0.326 e. The Morgan fingerprint density at radius 2 is 1.91 bits per heavy atom. The highest BCUT2D eigenvalue weighted by Crippen LogP contribution is 2.32. The van der Waals surface area contributed by atoms with E-state index in [9.17, 15) is 19.2 Å². The molecular weight excluding hydrogens is 432 g/mol. The number of hydrogen-bond donors (Lipinski definition) is 1. The van der Waals surface area contributed by atoms with Gasteiger partial charge in [0, 0.05) is 5.69 Å². The minimum Gasteiger partial charge on any atom is -0.484 e. The average Bonchev–Trinajstić information content (AvgIpc) is 3.02. The standard InChI is InChI=1S/C23H22N2O6S/c1-3-30-21(27)13-25-22(28)19(32-23(25)29)12-16-8-6-9-17(11-16)31-14-20(26)24-18-10-5-4-7-15(18)2/h4-12H,3,13-14H2,1-2H3,(H,24,26)/b19-12-. The lowest BCUT2D eigenvalue weighted by molar-refractivity contribution is -0.146. The third kappa shape index (κ3) is 5.98. The summed E-state index contributed by atoms with van der Waals surface area (Å²) in [6.45, 7) is 3.10. The van der Waals surface area contributed by atoms with E-state index in [2.05, 4.69) is 5.32 Å². The van der Waals surface area contributed by atoms with Gasteiger partial charge in [0.1, 0.15) is 12.3 Å². The molecule has 1 heterocycles. The fourth-order valence-electron chi connectivity index (χ4n) is 2.87. The summed E-state index contributed by atoms with van der Waals surface area (Å²) < 4.78 is 10.4. The van der Waals surface area contributed by atoms with Gasteiger partial charge in [-0.25, -0.2) is 0 Å². The van der Waals surface area contributed by atoms with Crippen molar-refractivity contribution in [3.8, 4) is 5.75 Å². The highest BCUT2D eigenvalue weighted by molar-refractivity contribution is 8.18.